The molecule has 0 saturated carbocycles. The van der Waals surface area contributed by atoms with Crippen LogP contribution in [0, 0.1) is 27.7 Å². The maximum atomic E-state index is 4.82. The zero-order valence-corrected chi connectivity index (χ0v) is 15.8. The number of benzene rings is 3. The van der Waals surface area contributed by atoms with Crippen LogP contribution < -0.4 is 0 Å². The van der Waals surface area contributed by atoms with Crippen molar-refractivity contribution < 1.29 is 0 Å². The van der Waals surface area contributed by atoms with Crippen LogP contribution >= 0.6 is 0 Å². The van der Waals surface area contributed by atoms with E-state index in [2.05, 4.69) is 94.4 Å². The fourth-order valence-electron chi connectivity index (χ4n) is 3.72. The molecular weight excluding hydrogens is 314 g/mol. The summed E-state index contributed by atoms with van der Waals surface area (Å²) >= 11 is 0. The highest BCUT2D eigenvalue weighted by molar-refractivity contribution is 6.04. The second-order valence-electron chi connectivity index (χ2n) is 7.07. The lowest BCUT2D eigenvalue weighted by molar-refractivity contribution is 1.23. The monoisotopic (exact) mass is 337 g/mol. The second kappa shape index (κ2) is 6.42. The van der Waals surface area contributed by atoms with Crippen molar-refractivity contribution in [2.45, 2.75) is 27.7 Å². The molecule has 4 aromatic rings. The molecule has 0 unspecified atom stereocenters. The quantitative estimate of drug-likeness (QED) is 0.367. The predicted octanol–water partition coefficient (Wildman–Crippen LogP) is 6.79. The fourth-order valence-corrected chi connectivity index (χ4v) is 3.72. The number of aryl methyl sites for hydroxylation is 2. The molecule has 1 aromatic heterocycles. The van der Waals surface area contributed by atoms with Crippen LogP contribution in [0.2, 0.25) is 0 Å². The van der Waals surface area contributed by atoms with Gasteiger partial charge in [-0.1, -0.05) is 54.6 Å². The van der Waals surface area contributed by atoms with Gasteiger partial charge in [-0.25, -0.2) is 4.98 Å². The predicted molar refractivity (Wildman–Crippen MR) is 114 cm³/mol. The first-order chi connectivity index (χ1) is 12.6. The van der Waals surface area contributed by atoms with Gasteiger partial charge in [-0.05, 0) is 73.2 Å². The molecule has 0 amide bonds. The van der Waals surface area contributed by atoms with Crippen molar-refractivity contribution >= 4 is 34.0 Å². The molecule has 1 nitrogen and oxygen atoms in total. The largest absolute Gasteiger partial charge is 0.248 e. The van der Waals surface area contributed by atoms with E-state index in [1.165, 1.54) is 44.2 Å². The van der Waals surface area contributed by atoms with Crippen LogP contribution in [0.5, 0.6) is 0 Å². The van der Waals surface area contributed by atoms with Crippen molar-refractivity contribution in [1.82, 2.24) is 4.98 Å². The van der Waals surface area contributed by atoms with E-state index in [0.29, 0.717) is 0 Å². The van der Waals surface area contributed by atoms with Crippen molar-refractivity contribution in [3.63, 3.8) is 0 Å². The highest BCUT2D eigenvalue weighted by Gasteiger charge is 2.08. The Morgan fingerprint density at radius 3 is 1.62 bits per heavy atom. The summed E-state index contributed by atoms with van der Waals surface area (Å²) in [7, 11) is 0. The second-order valence-corrected chi connectivity index (χ2v) is 7.07. The first-order valence-electron chi connectivity index (χ1n) is 9.09. The van der Waals surface area contributed by atoms with Crippen LogP contribution in [0.15, 0.2) is 54.6 Å². The SMILES string of the molecule is Cc1cc(C)c(C)c(/C=C/c2c3ccccc3nc3ccccc23)c1C. The van der Waals surface area contributed by atoms with Gasteiger partial charge in [-0.2, -0.15) is 0 Å². The van der Waals surface area contributed by atoms with Crippen LogP contribution in [0.25, 0.3) is 34.0 Å². The highest BCUT2D eigenvalue weighted by atomic mass is 14.7. The van der Waals surface area contributed by atoms with Gasteiger partial charge in [0, 0.05) is 10.8 Å². The molecule has 0 saturated heterocycles. The maximum absolute atomic E-state index is 4.82. The minimum absolute atomic E-state index is 1.04. The van der Waals surface area contributed by atoms with Crippen molar-refractivity contribution in [2.24, 2.45) is 0 Å². The summed E-state index contributed by atoms with van der Waals surface area (Å²) in [4.78, 5) is 4.82. The summed E-state index contributed by atoms with van der Waals surface area (Å²) in [5.41, 5.74) is 10.0. The highest BCUT2D eigenvalue weighted by Crippen LogP contribution is 2.29. The van der Waals surface area contributed by atoms with Gasteiger partial charge >= 0.3 is 0 Å². The van der Waals surface area contributed by atoms with Gasteiger partial charge < -0.3 is 0 Å². The van der Waals surface area contributed by atoms with Gasteiger partial charge in [0.2, 0.25) is 0 Å². The smallest absolute Gasteiger partial charge is 0.0715 e. The van der Waals surface area contributed by atoms with E-state index in [0.717, 1.165) is 11.0 Å². The summed E-state index contributed by atoms with van der Waals surface area (Å²) < 4.78 is 0. The normalized spacial score (nSPS) is 11.7. The van der Waals surface area contributed by atoms with E-state index in [1.54, 1.807) is 0 Å². The Labute approximate surface area is 155 Å². The molecule has 0 fully saturated rings. The van der Waals surface area contributed by atoms with Crippen molar-refractivity contribution in [1.29, 1.82) is 0 Å². The minimum Gasteiger partial charge on any atom is -0.248 e. The summed E-state index contributed by atoms with van der Waals surface area (Å²) in [5.74, 6) is 0. The van der Waals surface area contributed by atoms with Crippen molar-refractivity contribution in [3.8, 4) is 0 Å². The first kappa shape index (κ1) is 16.5. The third-order valence-corrected chi connectivity index (χ3v) is 5.47. The Morgan fingerprint density at radius 1 is 0.615 bits per heavy atom. The van der Waals surface area contributed by atoms with Crippen LogP contribution in [-0.4, -0.2) is 4.98 Å². The van der Waals surface area contributed by atoms with Crippen molar-refractivity contribution in [3.05, 3.63) is 88.0 Å². The number of rotatable bonds is 2. The number of aromatic nitrogens is 1. The van der Waals surface area contributed by atoms with Crippen LogP contribution in [0.1, 0.15) is 33.4 Å². The van der Waals surface area contributed by atoms with Gasteiger partial charge in [-0.3, -0.25) is 0 Å². The number of para-hydroxylation sites is 2. The first-order valence-corrected chi connectivity index (χ1v) is 9.09. The molecule has 0 atom stereocenters. The van der Waals surface area contributed by atoms with Gasteiger partial charge in [0.05, 0.1) is 11.0 Å². The Hall–Kier alpha value is -2.93. The molecule has 128 valence electrons. The lowest BCUT2D eigenvalue weighted by Crippen LogP contribution is -1.94. The third kappa shape index (κ3) is 2.70. The van der Waals surface area contributed by atoms with E-state index in [-0.39, 0.29) is 0 Å². The molecule has 3 aromatic carbocycles. The molecule has 0 aliphatic rings. The maximum Gasteiger partial charge on any atom is 0.0715 e. The van der Waals surface area contributed by atoms with Gasteiger partial charge in [-0.15, -0.1) is 0 Å². The third-order valence-electron chi connectivity index (χ3n) is 5.47. The van der Waals surface area contributed by atoms with E-state index in [4.69, 9.17) is 4.98 Å². The number of hydrogen-bond acceptors (Lipinski definition) is 1. The van der Waals surface area contributed by atoms with Crippen molar-refractivity contribution in [2.75, 3.05) is 0 Å². The molecule has 0 bridgehead atoms. The van der Waals surface area contributed by atoms with Crippen LogP contribution in [0.4, 0.5) is 0 Å². The lowest BCUT2D eigenvalue weighted by atomic mass is 9.93. The summed E-state index contributed by atoms with van der Waals surface area (Å²) in [6, 6.07) is 19.1. The molecule has 0 spiro atoms. The molecule has 0 N–H and O–H groups in total. The summed E-state index contributed by atoms with van der Waals surface area (Å²) in [5, 5.41) is 2.39. The molecular formula is C25H23N. The van der Waals surface area contributed by atoms with E-state index < -0.39 is 0 Å². The molecule has 26 heavy (non-hydrogen) atoms. The molecule has 1 heterocycles. The van der Waals surface area contributed by atoms with E-state index >= 15 is 0 Å². The van der Waals surface area contributed by atoms with Crippen LogP contribution in [0.3, 0.4) is 0 Å². The topological polar surface area (TPSA) is 12.9 Å². The fraction of sp³-hybridized carbons (Fsp3) is 0.160. The number of pyridine rings is 1. The number of nitrogens with zero attached hydrogens (tertiary/aromatic N) is 1. The molecule has 4 rings (SSSR count). The Balaban J connectivity index is 1.99. The Kier molecular flexibility index (Phi) is 4.08. The van der Waals surface area contributed by atoms with E-state index in [9.17, 15) is 0 Å². The summed E-state index contributed by atoms with van der Waals surface area (Å²) in [6.45, 7) is 8.81. The number of hydrogen-bond donors (Lipinski definition) is 0. The van der Waals surface area contributed by atoms with Gasteiger partial charge in [0.15, 0.2) is 0 Å². The van der Waals surface area contributed by atoms with Crippen LogP contribution in [-0.2, 0) is 0 Å². The van der Waals surface area contributed by atoms with Gasteiger partial charge in [0.1, 0.15) is 0 Å². The average Bonchev–Trinajstić information content (AvgIpc) is 2.65. The zero-order chi connectivity index (χ0) is 18.3. The molecule has 0 aliphatic heterocycles. The summed E-state index contributed by atoms with van der Waals surface area (Å²) in [6.07, 6.45) is 4.54. The Bertz CT molecular complexity index is 1090. The number of fused-ring (bicyclic) bond motifs is 2. The molecule has 1 heteroatoms. The lowest BCUT2D eigenvalue weighted by Gasteiger charge is -2.13. The zero-order valence-electron chi connectivity index (χ0n) is 15.8. The Morgan fingerprint density at radius 2 is 1.08 bits per heavy atom. The van der Waals surface area contributed by atoms with Gasteiger partial charge in [0.25, 0.3) is 0 Å². The molecule has 0 aliphatic carbocycles. The van der Waals surface area contributed by atoms with E-state index in [1.807, 2.05) is 0 Å². The minimum atomic E-state index is 1.04. The average molecular weight is 337 g/mol. The molecule has 0 radical (unpaired) electrons. The standard InChI is InChI=1S/C25H23N/c1-16-15-17(2)19(4)20(18(16)3)13-14-21-22-9-5-7-11-24(22)26-25-12-8-6-10-23(21)25/h5-15H,1-4H3/b14-13+.